The molecular formula is C26H36IN5O2. The molecule has 2 aromatic rings. The van der Waals surface area contributed by atoms with Gasteiger partial charge in [-0.3, -0.25) is 9.79 Å². The number of benzene rings is 2. The fourth-order valence-corrected chi connectivity index (χ4v) is 4.80. The molecule has 0 bridgehead atoms. The third-order valence-corrected chi connectivity index (χ3v) is 6.71. The number of nitrogens with one attached hydrogen (secondary N) is 4. The van der Waals surface area contributed by atoms with Gasteiger partial charge in [0.2, 0.25) is 5.91 Å². The lowest BCUT2D eigenvalue weighted by atomic mass is 9.88. The van der Waals surface area contributed by atoms with Gasteiger partial charge < -0.3 is 26.0 Å². The Morgan fingerprint density at radius 1 is 1.12 bits per heavy atom. The third-order valence-electron chi connectivity index (χ3n) is 6.71. The number of hydrogen-bond acceptors (Lipinski definition) is 4. The molecule has 0 saturated carbocycles. The van der Waals surface area contributed by atoms with Crippen molar-refractivity contribution < 1.29 is 9.53 Å². The van der Waals surface area contributed by atoms with Crippen LogP contribution in [0.3, 0.4) is 0 Å². The lowest BCUT2D eigenvalue weighted by Crippen LogP contribution is -2.58. The van der Waals surface area contributed by atoms with Crippen LogP contribution >= 0.6 is 24.0 Å². The molecule has 0 radical (unpaired) electrons. The molecule has 1 fully saturated rings. The zero-order valence-corrected chi connectivity index (χ0v) is 22.3. The molecule has 2 aliphatic rings. The molecule has 34 heavy (non-hydrogen) atoms. The van der Waals surface area contributed by atoms with E-state index < -0.39 is 0 Å². The summed E-state index contributed by atoms with van der Waals surface area (Å²) >= 11 is 0. The van der Waals surface area contributed by atoms with E-state index in [0.717, 1.165) is 44.2 Å². The van der Waals surface area contributed by atoms with Crippen molar-refractivity contribution in [3.8, 4) is 0 Å². The van der Waals surface area contributed by atoms with Gasteiger partial charge in [-0.05, 0) is 37.0 Å². The van der Waals surface area contributed by atoms with E-state index in [1.807, 2.05) is 24.3 Å². The van der Waals surface area contributed by atoms with E-state index in [4.69, 9.17) is 4.74 Å². The van der Waals surface area contributed by atoms with Crippen molar-refractivity contribution in [3.63, 3.8) is 0 Å². The molecule has 1 amide bonds. The lowest BCUT2D eigenvalue weighted by Gasteiger charge is -2.41. The number of fused-ring (bicyclic) bond motifs is 1. The average Bonchev–Trinajstić information content (AvgIpc) is 2.85. The van der Waals surface area contributed by atoms with Crippen LogP contribution in [0.2, 0.25) is 0 Å². The molecule has 8 heteroatoms. The highest BCUT2D eigenvalue weighted by atomic mass is 127. The van der Waals surface area contributed by atoms with Crippen molar-refractivity contribution in [1.29, 1.82) is 0 Å². The summed E-state index contributed by atoms with van der Waals surface area (Å²) < 4.78 is 5.66. The fraction of sp³-hybridized carbons (Fsp3) is 0.462. The summed E-state index contributed by atoms with van der Waals surface area (Å²) in [5.74, 6) is 0.920. The molecule has 2 heterocycles. The molecule has 7 nitrogen and oxygen atoms in total. The van der Waals surface area contributed by atoms with E-state index >= 15 is 0 Å². The van der Waals surface area contributed by atoms with Crippen molar-refractivity contribution in [3.05, 3.63) is 65.7 Å². The van der Waals surface area contributed by atoms with E-state index in [0.29, 0.717) is 13.0 Å². The lowest BCUT2D eigenvalue weighted by molar-refractivity contribution is -0.116. The molecule has 2 aromatic carbocycles. The number of carbonyl (C=O) groups is 1. The Hall–Kier alpha value is -2.17. The maximum atomic E-state index is 12.1. The van der Waals surface area contributed by atoms with E-state index in [9.17, 15) is 4.79 Å². The molecule has 0 aromatic heterocycles. The average molecular weight is 578 g/mol. The number of halogens is 1. The molecule has 2 aliphatic heterocycles. The van der Waals surface area contributed by atoms with Gasteiger partial charge in [0.15, 0.2) is 5.96 Å². The van der Waals surface area contributed by atoms with Crippen LogP contribution in [0.1, 0.15) is 49.3 Å². The zero-order chi connectivity index (χ0) is 23.1. The summed E-state index contributed by atoms with van der Waals surface area (Å²) in [6.07, 6.45) is 2.34. The molecule has 2 unspecified atom stereocenters. The number of ether oxygens (including phenoxy) is 1. The van der Waals surface area contributed by atoms with E-state index in [1.54, 1.807) is 7.05 Å². The Labute approximate surface area is 219 Å². The van der Waals surface area contributed by atoms with Crippen molar-refractivity contribution in [2.45, 2.75) is 43.7 Å². The third kappa shape index (κ3) is 6.70. The highest BCUT2D eigenvalue weighted by molar-refractivity contribution is 14.0. The summed E-state index contributed by atoms with van der Waals surface area (Å²) in [5.41, 5.74) is 3.27. The van der Waals surface area contributed by atoms with E-state index in [2.05, 4.69) is 63.5 Å². The predicted molar refractivity (Wildman–Crippen MR) is 148 cm³/mol. The fourth-order valence-electron chi connectivity index (χ4n) is 4.80. The maximum absolute atomic E-state index is 12.1. The number of carbonyl (C=O) groups excluding carboxylic acids is 1. The highest BCUT2D eigenvalue weighted by Crippen LogP contribution is 2.31. The monoisotopic (exact) mass is 577 g/mol. The predicted octanol–water partition coefficient (Wildman–Crippen LogP) is 3.80. The molecule has 1 saturated heterocycles. The first-order valence-electron chi connectivity index (χ1n) is 11.8. The Balaban J connectivity index is 0.00000324. The largest absolute Gasteiger partial charge is 0.381 e. The number of nitrogens with zero attached hydrogens (tertiary/aromatic N) is 1. The van der Waals surface area contributed by atoms with Crippen LogP contribution in [-0.4, -0.2) is 50.8 Å². The maximum Gasteiger partial charge on any atom is 0.225 e. The van der Waals surface area contributed by atoms with Crippen molar-refractivity contribution in [1.82, 2.24) is 16.0 Å². The van der Waals surface area contributed by atoms with Crippen LogP contribution in [0, 0.1) is 0 Å². The minimum absolute atomic E-state index is 0. The Kier molecular flexibility index (Phi) is 9.73. The smallest absolute Gasteiger partial charge is 0.225 e. The van der Waals surface area contributed by atoms with Crippen LogP contribution in [0.5, 0.6) is 0 Å². The summed E-state index contributed by atoms with van der Waals surface area (Å²) in [6.45, 7) is 5.10. The number of aliphatic imine (C=N–C) groups is 1. The van der Waals surface area contributed by atoms with Crippen LogP contribution in [0.15, 0.2) is 59.6 Å². The summed E-state index contributed by atoms with van der Waals surface area (Å²) in [4.78, 5) is 16.6. The van der Waals surface area contributed by atoms with Gasteiger partial charge in [-0.1, -0.05) is 48.5 Å². The van der Waals surface area contributed by atoms with Gasteiger partial charge in [0, 0.05) is 63.0 Å². The van der Waals surface area contributed by atoms with Crippen LogP contribution in [0.25, 0.3) is 0 Å². The molecule has 4 rings (SSSR count). The molecular weight excluding hydrogens is 541 g/mol. The van der Waals surface area contributed by atoms with Crippen molar-refractivity contribution in [2.75, 3.05) is 38.7 Å². The molecule has 4 N–H and O–H groups in total. The Bertz CT molecular complexity index is 963. The molecule has 0 aliphatic carbocycles. The first kappa shape index (κ1) is 26.4. The minimum Gasteiger partial charge on any atom is -0.381 e. The van der Waals surface area contributed by atoms with Gasteiger partial charge in [0.05, 0.1) is 0 Å². The Morgan fingerprint density at radius 3 is 2.56 bits per heavy atom. The second-order valence-corrected chi connectivity index (χ2v) is 9.01. The number of anilines is 1. The summed E-state index contributed by atoms with van der Waals surface area (Å²) in [7, 11) is 1.79. The van der Waals surface area contributed by atoms with Gasteiger partial charge in [-0.25, -0.2) is 0 Å². The van der Waals surface area contributed by atoms with Crippen molar-refractivity contribution in [2.24, 2.45) is 4.99 Å². The minimum atomic E-state index is -0.0809. The molecule has 2 atom stereocenters. The zero-order valence-electron chi connectivity index (χ0n) is 20.0. The highest BCUT2D eigenvalue weighted by Gasteiger charge is 2.34. The van der Waals surface area contributed by atoms with Crippen molar-refractivity contribution >= 4 is 41.5 Å². The van der Waals surface area contributed by atoms with Crippen LogP contribution in [-0.2, 0) is 9.53 Å². The number of rotatable bonds is 7. The first-order chi connectivity index (χ1) is 16.1. The molecule has 0 spiro atoms. The quantitative estimate of drug-likeness (QED) is 0.229. The van der Waals surface area contributed by atoms with Crippen LogP contribution in [0.4, 0.5) is 5.69 Å². The van der Waals surface area contributed by atoms with Gasteiger partial charge >= 0.3 is 0 Å². The number of para-hydroxylation sites is 1. The van der Waals surface area contributed by atoms with Gasteiger partial charge in [-0.15, -0.1) is 24.0 Å². The number of hydrogen-bond donors (Lipinski definition) is 4. The SMILES string of the molecule is CN=C(NCC1CC(=O)Nc2ccccc21)NCC1(NC(C)c2ccccc2)CCOCC1.I. The summed E-state index contributed by atoms with van der Waals surface area (Å²) in [5, 5.41) is 13.8. The standard InChI is InChI=1S/C26H35N5O2.HI/c1-19(20-8-4-3-5-9-20)31-26(12-14-33-15-13-26)18-29-25(27-2)28-17-21-16-24(32)30-23-11-7-6-10-22(21)23;/h3-11,19,21,31H,12-18H2,1-2H3,(H,30,32)(H2,27,28,29);1H. The topological polar surface area (TPSA) is 86.8 Å². The van der Waals surface area contributed by atoms with Gasteiger partial charge in [0.1, 0.15) is 0 Å². The summed E-state index contributed by atoms with van der Waals surface area (Å²) in [6, 6.07) is 18.8. The second kappa shape index (κ2) is 12.5. The Morgan fingerprint density at radius 2 is 1.82 bits per heavy atom. The van der Waals surface area contributed by atoms with Gasteiger partial charge in [0.25, 0.3) is 0 Å². The number of amides is 1. The van der Waals surface area contributed by atoms with Crippen LogP contribution < -0.4 is 21.3 Å². The van der Waals surface area contributed by atoms with E-state index in [-0.39, 0.29) is 47.4 Å². The van der Waals surface area contributed by atoms with Gasteiger partial charge in [-0.2, -0.15) is 0 Å². The first-order valence-corrected chi connectivity index (χ1v) is 11.8. The molecule has 184 valence electrons. The second-order valence-electron chi connectivity index (χ2n) is 9.01. The normalized spacial score (nSPS) is 20.4. The van der Waals surface area contributed by atoms with E-state index in [1.165, 1.54) is 11.1 Å². The number of guanidine groups is 1.